The minimum atomic E-state index is 0.539. The summed E-state index contributed by atoms with van der Waals surface area (Å²) >= 11 is 0. The van der Waals surface area contributed by atoms with Gasteiger partial charge in [0.15, 0.2) is 11.9 Å². The smallest absolute Gasteiger partial charge is 0.171 e. The van der Waals surface area contributed by atoms with Crippen molar-refractivity contribution in [2.45, 2.75) is 25.3 Å². The Morgan fingerprint density at radius 2 is 2.39 bits per heavy atom. The van der Waals surface area contributed by atoms with Gasteiger partial charge >= 0.3 is 0 Å². The van der Waals surface area contributed by atoms with Crippen LogP contribution in [0.15, 0.2) is 18.3 Å². The third-order valence-electron chi connectivity index (χ3n) is 3.75. The van der Waals surface area contributed by atoms with Crippen molar-refractivity contribution < 1.29 is 4.79 Å². The van der Waals surface area contributed by atoms with E-state index in [9.17, 15) is 4.79 Å². The van der Waals surface area contributed by atoms with E-state index >= 15 is 0 Å². The fourth-order valence-electron chi connectivity index (χ4n) is 2.66. The Morgan fingerprint density at radius 3 is 3.11 bits per heavy atom. The van der Waals surface area contributed by atoms with Crippen LogP contribution in [0.25, 0.3) is 5.65 Å². The van der Waals surface area contributed by atoms with Crippen molar-refractivity contribution in [3.05, 3.63) is 29.7 Å². The molecule has 5 heteroatoms. The molecule has 5 nitrogen and oxygen atoms in total. The van der Waals surface area contributed by atoms with Gasteiger partial charge in [0, 0.05) is 18.7 Å². The highest BCUT2D eigenvalue weighted by Crippen LogP contribution is 2.19. The van der Waals surface area contributed by atoms with Gasteiger partial charge in [-0.05, 0) is 38.6 Å². The first-order valence-corrected chi connectivity index (χ1v) is 6.27. The number of likely N-dealkylation sites (tertiary alicyclic amines) is 1. The second-order valence-electron chi connectivity index (χ2n) is 4.87. The summed E-state index contributed by atoms with van der Waals surface area (Å²) in [6, 6.07) is 4.17. The average Bonchev–Trinajstić information content (AvgIpc) is 2.97. The number of carbonyl (C=O) groups excluding carboxylic acids is 1. The molecule has 94 valence electrons. The van der Waals surface area contributed by atoms with Crippen molar-refractivity contribution in [1.29, 1.82) is 0 Å². The summed E-state index contributed by atoms with van der Waals surface area (Å²) in [7, 11) is 2.15. The van der Waals surface area contributed by atoms with Crippen LogP contribution in [0.1, 0.15) is 29.0 Å². The minimum absolute atomic E-state index is 0.539. The number of hydrogen-bond acceptors (Lipinski definition) is 4. The van der Waals surface area contributed by atoms with E-state index in [0.29, 0.717) is 17.3 Å². The molecule has 0 N–H and O–H groups in total. The Hall–Kier alpha value is -1.75. The highest BCUT2D eigenvalue weighted by molar-refractivity contribution is 5.83. The summed E-state index contributed by atoms with van der Waals surface area (Å²) in [6.07, 6.45) is 6.10. The van der Waals surface area contributed by atoms with Crippen molar-refractivity contribution in [3.63, 3.8) is 0 Å². The summed E-state index contributed by atoms with van der Waals surface area (Å²) < 4.78 is 1.93. The van der Waals surface area contributed by atoms with Gasteiger partial charge in [0.2, 0.25) is 0 Å². The lowest BCUT2D eigenvalue weighted by Gasteiger charge is -2.18. The van der Waals surface area contributed by atoms with Gasteiger partial charge in [-0.2, -0.15) is 0 Å². The first-order chi connectivity index (χ1) is 8.79. The molecule has 1 aliphatic heterocycles. The number of pyridine rings is 1. The molecule has 3 heterocycles. The molecule has 1 atom stereocenters. The van der Waals surface area contributed by atoms with Gasteiger partial charge < -0.3 is 4.90 Å². The number of aromatic nitrogens is 3. The normalized spacial score (nSPS) is 20.6. The van der Waals surface area contributed by atoms with Gasteiger partial charge in [-0.25, -0.2) is 0 Å². The van der Waals surface area contributed by atoms with Crippen LogP contribution >= 0.6 is 0 Å². The minimum Gasteiger partial charge on any atom is -0.303 e. The van der Waals surface area contributed by atoms with E-state index in [1.54, 1.807) is 6.07 Å². The summed E-state index contributed by atoms with van der Waals surface area (Å²) in [5.74, 6) is 0.937. The number of nitrogens with zero attached hydrogens (tertiary/aromatic N) is 4. The average molecular weight is 244 g/mol. The number of hydrogen-bond donors (Lipinski definition) is 0. The Balaban J connectivity index is 1.95. The van der Waals surface area contributed by atoms with Crippen molar-refractivity contribution in [1.82, 2.24) is 19.5 Å². The van der Waals surface area contributed by atoms with Crippen LogP contribution < -0.4 is 0 Å². The van der Waals surface area contributed by atoms with Gasteiger partial charge in [0.1, 0.15) is 5.82 Å². The first-order valence-electron chi connectivity index (χ1n) is 6.27. The molecule has 0 bridgehead atoms. The zero-order valence-corrected chi connectivity index (χ0v) is 10.4. The fourth-order valence-corrected chi connectivity index (χ4v) is 2.66. The van der Waals surface area contributed by atoms with Gasteiger partial charge in [-0.1, -0.05) is 0 Å². The third-order valence-corrected chi connectivity index (χ3v) is 3.75. The van der Waals surface area contributed by atoms with Crippen molar-refractivity contribution in [2.75, 3.05) is 13.6 Å². The second-order valence-corrected chi connectivity index (χ2v) is 4.87. The van der Waals surface area contributed by atoms with E-state index in [2.05, 4.69) is 22.1 Å². The lowest BCUT2D eigenvalue weighted by atomic mass is 10.1. The van der Waals surface area contributed by atoms with Gasteiger partial charge in [-0.3, -0.25) is 9.20 Å². The van der Waals surface area contributed by atoms with E-state index in [-0.39, 0.29) is 0 Å². The van der Waals surface area contributed by atoms with E-state index < -0.39 is 0 Å². The molecule has 18 heavy (non-hydrogen) atoms. The molecular weight excluding hydrogens is 228 g/mol. The maximum atomic E-state index is 10.9. The quantitative estimate of drug-likeness (QED) is 0.761. The molecule has 2 aromatic rings. The second kappa shape index (κ2) is 4.49. The number of likely N-dealkylation sites (N-methyl/N-ethyl adjacent to an activating group) is 1. The van der Waals surface area contributed by atoms with E-state index in [4.69, 9.17) is 0 Å². The van der Waals surface area contributed by atoms with Gasteiger partial charge in [0.05, 0.1) is 5.56 Å². The lowest BCUT2D eigenvalue weighted by molar-refractivity contribution is 0.112. The largest absolute Gasteiger partial charge is 0.303 e. The summed E-state index contributed by atoms with van der Waals surface area (Å²) in [4.78, 5) is 13.3. The van der Waals surface area contributed by atoms with E-state index in [1.165, 1.54) is 12.8 Å². The van der Waals surface area contributed by atoms with Crippen molar-refractivity contribution in [3.8, 4) is 0 Å². The number of fused-ring (bicyclic) bond motifs is 1. The molecule has 0 spiro atoms. The molecule has 1 saturated heterocycles. The maximum Gasteiger partial charge on any atom is 0.171 e. The van der Waals surface area contributed by atoms with Crippen LogP contribution in [0.2, 0.25) is 0 Å². The molecule has 0 saturated carbocycles. The zero-order valence-electron chi connectivity index (χ0n) is 10.4. The molecule has 1 fully saturated rings. The Labute approximate surface area is 105 Å². The van der Waals surface area contributed by atoms with Crippen LogP contribution in [0.3, 0.4) is 0 Å². The summed E-state index contributed by atoms with van der Waals surface area (Å²) in [5, 5.41) is 8.35. The molecule has 1 unspecified atom stereocenters. The predicted molar refractivity (Wildman–Crippen MR) is 67.7 cm³/mol. The zero-order chi connectivity index (χ0) is 12.5. The molecule has 0 amide bonds. The molecule has 1 aliphatic rings. The Kier molecular flexibility index (Phi) is 2.83. The molecule has 0 radical (unpaired) electrons. The Bertz CT molecular complexity index is 577. The SMILES string of the molecule is CN1CCCC1Cc1nnc2c(C=O)cccn12. The molecule has 3 rings (SSSR count). The molecule has 0 aliphatic carbocycles. The van der Waals surface area contributed by atoms with Crippen LogP contribution in [0.5, 0.6) is 0 Å². The number of rotatable bonds is 3. The molecular formula is C13H16N4O. The lowest BCUT2D eigenvalue weighted by Crippen LogP contribution is -2.27. The van der Waals surface area contributed by atoms with Crippen LogP contribution in [0, 0.1) is 0 Å². The maximum absolute atomic E-state index is 10.9. The number of aldehydes is 1. The first kappa shape index (κ1) is 11.3. The number of carbonyl (C=O) groups is 1. The topological polar surface area (TPSA) is 50.5 Å². The van der Waals surface area contributed by atoms with Crippen LogP contribution in [0.4, 0.5) is 0 Å². The molecule has 2 aromatic heterocycles. The third kappa shape index (κ3) is 1.80. The van der Waals surface area contributed by atoms with E-state index in [0.717, 1.165) is 25.1 Å². The van der Waals surface area contributed by atoms with Crippen molar-refractivity contribution in [2.24, 2.45) is 0 Å². The highest BCUT2D eigenvalue weighted by atomic mass is 16.1. The Morgan fingerprint density at radius 1 is 1.50 bits per heavy atom. The fraction of sp³-hybridized carbons (Fsp3) is 0.462. The van der Waals surface area contributed by atoms with Crippen molar-refractivity contribution >= 4 is 11.9 Å². The van der Waals surface area contributed by atoms with Crippen LogP contribution in [-0.4, -0.2) is 45.4 Å². The van der Waals surface area contributed by atoms with Crippen LogP contribution in [-0.2, 0) is 6.42 Å². The highest BCUT2D eigenvalue weighted by Gasteiger charge is 2.23. The predicted octanol–water partition coefficient (Wildman–Crippen LogP) is 1.18. The summed E-state index contributed by atoms with van der Waals surface area (Å²) in [6.45, 7) is 1.15. The standard InChI is InChI=1S/C13H16N4O/c1-16-6-3-5-11(16)8-12-14-15-13-10(9-18)4-2-7-17(12)13/h2,4,7,9,11H,3,5-6,8H2,1H3. The molecule has 0 aromatic carbocycles. The van der Waals surface area contributed by atoms with Gasteiger partial charge in [0.25, 0.3) is 0 Å². The van der Waals surface area contributed by atoms with Gasteiger partial charge in [-0.15, -0.1) is 10.2 Å². The summed E-state index contributed by atoms with van der Waals surface area (Å²) in [5.41, 5.74) is 1.25. The monoisotopic (exact) mass is 244 g/mol. The van der Waals surface area contributed by atoms with E-state index in [1.807, 2.05) is 16.7 Å².